The molecule has 1 aliphatic heterocycles. The fourth-order valence-corrected chi connectivity index (χ4v) is 4.76. The highest BCUT2D eigenvalue weighted by Gasteiger charge is 2.22. The number of hydrogen-bond donors (Lipinski definition) is 1. The second-order valence-electron chi connectivity index (χ2n) is 5.12. The van der Waals surface area contributed by atoms with Gasteiger partial charge in [-0.2, -0.15) is 0 Å². The highest BCUT2D eigenvalue weighted by molar-refractivity contribution is 7.91. The topological polar surface area (TPSA) is 55.4 Å². The van der Waals surface area contributed by atoms with Gasteiger partial charge in [0.25, 0.3) is 0 Å². The molecular formula is C15H17NO3S2. The number of aryl methyl sites for hydroxylation is 1. The van der Waals surface area contributed by atoms with Crippen molar-refractivity contribution in [2.75, 3.05) is 6.54 Å². The number of fused-ring (bicyclic) bond motifs is 1. The lowest BCUT2D eigenvalue weighted by Gasteiger charge is -2.25. The van der Waals surface area contributed by atoms with Crippen molar-refractivity contribution in [3.05, 3.63) is 52.4 Å². The highest BCUT2D eigenvalue weighted by atomic mass is 32.2. The van der Waals surface area contributed by atoms with Gasteiger partial charge in [-0.25, -0.2) is 13.1 Å². The van der Waals surface area contributed by atoms with Crippen LogP contribution >= 0.6 is 11.3 Å². The molecule has 2 aromatic rings. The van der Waals surface area contributed by atoms with Gasteiger partial charge in [0, 0.05) is 17.8 Å². The van der Waals surface area contributed by atoms with E-state index < -0.39 is 10.0 Å². The van der Waals surface area contributed by atoms with E-state index in [1.54, 1.807) is 6.07 Å². The van der Waals surface area contributed by atoms with Gasteiger partial charge in [-0.05, 0) is 30.2 Å². The minimum Gasteiger partial charge on any atom is -0.372 e. The van der Waals surface area contributed by atoms with E-state index in [2.05, 4.69) is 10.8 Å². The smallest absolute Gasteiger partial charge is 0.250 e. The number of thiophene rings is 1. The van der Waals surface area contributed by atoms with Crippen LogP contribution in [0.3, 0.4) is 0 Å². The predicted octanol–water partition coefficient (Wildman–Crippen LogP) is 2.48. The molecule has 0 radical (unpaired) electrons. The first-order valence-corrected chi connectivity index (χ1v) is 9.09. The monoisotopic (exact) mass is 323 g/mol. The Hall–Kier alpha value is -1.21. The molecule has 0 saturated carbocycles. The molecule has 0 saturated heterocycles. The summed E-state index contributed by atoms with van der Waals surface area (Å²) in [6.45, 7) is 2.74. The minimum atomic E-state index is -3.43. The summed E-state index contributed by atoms with van der Waals surface area (Å²) in [5.41, 5.74) is 2.42. The minimum absolute atomic E-state index is 0.115. The van der Waals surface area contributed by atoms with E-state index in [0.717, 1.165) is 11.3 Å². The number of benzene rings is 1. The van der Waals surface area contributed by atoms with Gasteiger partial charge in [-0.1, -0.05) is 24.3 Å². The van der Waals surface area contributed by atoms with Crippen molar-refractivity contribution in [1.82, 2.24) is 4.72 Å². The summed E-state index contributed by atoms with van der Waals surface area (Å²) in [7, 11) is -3.43. The molecule has 3 rings (SSSR count). The third-order valence-electron chi connectivity index (χ3n) is 3.52. The number of ether oxygens (including phenoxy) is 1. The van der Waals surface area contributed by atoms with E-state index in [0.29, 0.717) is 17.4 Å². The van der Waals surface area contributed by atoms with E-state index in [9.17, 15) is 8.42 Å². The highest BCUT2D eigenvalue weighted by Crippen LogP contribution is 2.22. The van der Waals surface area contributed by atoms with Crippen molar-refractivity contribution >= 4 is 21.4 Å². The molecule has 1 N–H and O–H groups in total. The summed E-state index contributed by atoms with van der Waals surface area (Å²) in [5.74, 6) is 0. The molecule has 1 aliphatic rings. The van der Waals surface area contributed by atoms with Crippen molar-refractivity contribution in [1.29, 1.82) is 0 Å². The van der Waals surface area contributed by atoms with Gasteiger partial charge in [-0.15, -0.1) is 11.3 Å². The first kappa shape index (κ1) is 14.7. The Bertz CT molecular complexity index is 737. The normalized spacial score (nSPS) is 18.4. The molecular weight excluding hydrogens is 306 g/mol. The fraction of sp³-hybridized carbons (Fsp3) is 0.333. The number of rotatable bonds is 4. The third-order valence-corrected chi connectivity index (χ3v) is 6.44. The number of hydrogen-bond acceptors (Lipinski definition) is 4. The standard InChI is InChI=1S/C15H17NO3S2/c1-11-6-7-15(20-11)21(17,18)16-9-14-8-12-4-2-3-5-13(12)10-19-14/h2-7,14,16H,8-10H2,1H3. The van der Waals surface area contributed by atoms with Gasteiger partial charge >= 0.3 is 0 Å². The van der Waals surface area contributed by atoms with Crippen LogP contribution in [0.1, 0.15) is 16.0 Å². The molecule has 6 heteroatoms. The van der Waals surface area contributed by atoms with Crippen molar-refractivity contribution < 1.29 is 13.2 Å². The van der Waals surface area contributed by atoms with E-state index in [4.69, 9.17) is 4.74 Å². The lowest BCUT2D eigenvalue weighted by atomic mass is 9.99. The van der Waals surface area contributed by atoms with Crippen molar-refractivity contribution in [2.45, 2.75) is 30.3 Å². The number of sulfonamides is 1. The Labute approximate surface area is 128 Å². The van der Waals surface area contributed by atoms with E-state index in [1.165, 1.54) is 22.5 Å². The molecule has 0 spiro atoms. The first-order chi connectivity index (χ1) is 10.0. The Morgan fingerprint density at radius 2 is 2.00 bits per heavy atom. The maximum atomic E-state index is 12.2. The van der Waals surface area contributed by atoms with Crippen LogP contribution in [0.15, 0.2) is 40.6 Å². The van der Waals surface area contributed by atoms with Gasteiger partial charge in [-0.3, -0.25) is 0 Å². The van der Waals surface area contributed by atoms with Crippen LogP contribution in [0.5, 0.6) is 0 Å². The zero-order valence-corrected chi connectivity index (χ0v) is 13.3. The van der Waals surface area contributed by atoms with E-state index >= 15 is 0 Å². The largest absolute Gasteiger partial charge is 0.372 e. The van der Waals surface area contributed by atoms with Crippen LogP contribution in [0.4, 0.5) is 0 Å². The molecule has 1 unspecified atom stereocenters. The molecule has 1 aromatic carbocycles. The van der Waals surface area contributed by atoms with Gasteiger partial charge in [0.15, 0.2) is 0 Å². The zero-order valence-electron chi connectivity index (χ0n) is 11.7. The van der Waals surface area contributed by atoms with Gasteiger partial charge < -0.3 is 4.74 Å². The van der Waals surface area contributed by atoms with Crippen molar-refractivity contribution in [3.63, 3.8) is 0 Å². The molecule has 2 heterocycles. The maximum absolute atomic E-state index is 12.2. The van der Waals surface area contributed by atoms with Crippen LogP contribution < -0.4 is 4.72 Å². The lowest BCUT2D eigenvalue weighted by molar-refractivity contribution is 0.0322. The zero-order chi connectivity index (χ0) is 14.9. The van der Waals surface area contributed by atoms with Crippen molar-refractivity contribution in [3.8, 4) is 0 Å². The molecule has 112 valence electrons. The lowest BCUT2D eigenvalue weighted by Crippen LogP contribution is -2.36. The molecule has 1 atom stereocenters. The van der Waals surface area contributed by atoms with E-state index in [-0.39, 0.29) is 6.10 Å². The molecule has 1 aromatic heterocycles. The molecule has 0 amide bonds. The molecule has 0 fully saturated rings. The van der Waals surface area contributed by atoms with Crippen LogP contribution in [-0.2, 0) is 27.8 Å². The number of nitrogens with one attached hydrogen (secondary N) is 1. The Morgan fingerprint density at radius 3 is 2.71 bits per heavy atom. The average Bonchev–Trinajstić information content (AvgIpc) is 2.92. The fourth-order valence-electron chi connectivity index (χ4n) is 2.37. The second kappa shape index (κ2) is 5.88. The van der Waals surface area contributed by atoms with Gasteiger partial charge in [0.2, 0.25) is 10.0 Å². The summed E-state index contributed by atoms with van der Waals surface area (Å²) in [4.78, 5) is 0.984. The Morgan fingerprint density at radius 1 is 1.24 bits per heavy atom. The van der Waals surface area contributed by atoms with Crippen LogP contribution in [0.2, 0.25) is 0 Å². The Balaban J connectivity index is 1.64. The maximum Gasteiger partial charge on any atom is 0.250 e. The second-order valence-corrected chi connectivity index (χ2v) is 8.40. The summed E-state index contributed by atoms with van der Waals surface area (Å²) in [6.07, 6.45) is 0.623. The average molecular weight is 323 g/mol. The molecule has 21 heavy (non-hydrogen) atoms. The summed E-state index contributed by atoms with van der Waals surface area (Å²) < 4.78 is 33.1. The summed E-state index contributed by atoms with van der Waals surface area (Å²) >= 11 is 1.28. The van der Waals surface area contributed by atoms with Gasteiger partial charge in [0.05, 0.1) is 12.7 Å². The molecule has 4 nitrogen and oxygen atoms in total. The summed E-state index contributed by atoms with van der Waals surface area (Å²) in [6, 6.07) is 11.6. The van der Waals surface area contributed by atoms with Crippen LogP contribution in [0.25, 0.3) is 0 Å². The van der Waals surface area contributed by atoms with Crippen LogP contribution in [0, 0.1) is 6.92 Å². The molecule has 0 bridgehead atoms. The molecule has 0 aliphatic carbocycles. The third kappa shape index (κ3) is 3.35. The van der Waals surface area contributed by atoms with E-state index in [1.807, 2.05) is 31.2 Å². The van der Waals surface area contributed by atoms with Gasteiger partial charge in [0.1, 0.15) is 4.21 Å². The summed E-state index contributed by atoms with van der Waals surface area (Å²) in [5, 5.41) is 0. The SMILES string of the molecule is Cc1ccc(S(=O)(=O)NCC2Cc3ccccc3CO2)s1. The Kier molecular flexibility index (Phi) is 4.12. The van der Waals surface area contributed by atoms with Crippen molar-refractivity contribution in [2.24, 2.45) is 0 Å². The first-order valence-electron chi connectivity index (χ1n) is 6.79. The quantitative estimate of drug-likeness (QED) is 0.940. The predicted molar refractivity (Wildman–Crippen MR) is 83.0 cm³/mol. The van der Waals surface area contributed by atoms with Crippen LogP contribution in [-0.4, -0.2) is 21.1 Å².